The van der Waals surface area contributed by atoms with Gasteiger partial charge in [-0.1, -0.05) is 0 Å². The molecule has 5 nitrogen and oxygen atoms in total. The lowest BCUT2D eigenvalue weighted by Gasteiger charge is -2.31. The van der Waals surface area contributed by atoms with Crippen LogP contribution in [0.1, 0.15) is 24.0 Å². The highest BCUT2D eigenvalue weighted by molar-refractivity contribution is 7.88. The fraction of sp³-hybridized carbons (Fsp3) is 0.500. The van der Waals surface area contributed by atoms with Gasteiger partial charge in [0.2, 0.25) is 10.0 Å². The van der Waals surface area contributed by atoms with Crippen molar-refractivity contribution in [2.75, 3.05) is 24.7 Å². The number of hydrogen-bond acceptors (Lipinski definition) is 4. The Morgan fingerprint density at radius 3 is 2.39 bits per heavy atom. The van der Waals surface area contributed by atoms with Gasteiger partial charge in [0.1, 0.15) is 6.07 Å². The fourth-order valence-corrected chi connectivity index (χ4v) is 3.36. The number of nitrogens with zero attached hydrogens (tertiary/aromatic N) is 2. The zero-order valence-electron chi connectivity index (χ0n) is 12.4. The quantitative estimate of drug-likeness (QED) is 0.911. The zero-order chi connectivity index (χ0) is 17.3. The molecule has 0 atom stereocenters. The van der Waals surface area contributed by atoms with Crippen molar-refractivity contribution in [3.8, 4) is 6.07 Å². The van der Waals surface area contributed by atoms with Crippen LogP contribution in [0.5, 0.6) is 0 Å². The summed E-state index contributed by atoms with van der Waals surface area (Å²) in [5, 5.41) is 12.1. The minimum Gasteiger partial charge on any atom is -0.381 e. The maximum Gasteiger partial charge on any atom is 0.416 e. The molecule has 1 heterocycles. The first kappa shape index (κ1) is 17.6. The first-order valence-corrected chi connectivity index (χ1v) is 8.79. The van der Waals surface area contributed by atoms with Gasteiger partial charge in [-0.25, -0.2) is 12.7 Å². The Morgan fingerprint density at radius 2 is 1.91 bits per heavy atom. The van der Waals surface area contributed by atoms with Crippen LogP contribution in [-0.4, -0.2) is 38.1 Å². The van der Waals surface area contributed by atoms with E-state index >= 15 is 0 Å². The number of piperidine rings is 1. The van der Waals surface area contributed by atoms with Crippen molar-refractivity contribution in [2.45, 2.75) is 25.1 Å². The molecule has 9 heteroatoms. The first-order chi connectivity index (χ1) is 10.6. The highest BCUT2D eigenvalue weighted by atomic mass is 32.2. The molecular formula is C14H16F3N3O2S. The number of nitrogens with one attached hydrogen (secondary N) is 1. The number of hydrogen-bond donors (Lipinski definition) is 1. The molecule has 0 aliphatic carbocycles. The molecule has 2 rings (SSSR count). The van der Waals surface area contributed by atoms with E-state index in [9.17, 15) is 21.6 Å². The summed E-state index contributed by atoms with van der Waals surface area (Å²) in [5.41, 5.74) is -0.616. The van der Waals surface area contributed by atoms with E-state index in [1.54, 1.807) is 6.07 Å². The van der Waals surface area contributed by atoms with Crippen LogP contribution in [0.3, 0.4) is 0 Å². The average molecular weight is 347 g/mol. The molecule has 1 N–H and O–H groups in total. The maximum absolute atomic E-state index is 12.7. The van der Waals surface area contributed by atoms with Gasteiger partial charge in [0.25, 0.3) is 0 Å². The Bertz CT molecular complexity index is 718. The van der Waals surface area contributed by atoms with Gasteiger partial charge < -0.3 is 5.32 Å². The molecule has 0 amide bonds. The first-order valence-electron chi connectivity index (χ1n) is 6.94. The molecule has 126 valence electrons. The van der Waals surface area contributed by atoms with Crippen LogP contribution in [0.2, 0.25) is 0 Å². The van der Waals surface area contributed by atoms with Crippen LogP contribution in [0.4, 0.5) is 18.9 Å². The van der Waals surface area contributed by atoms with Crippen molar-refractivity contribution in [3.63, 3.8) is 0 Å². The van der Waals surface area contributed by atoms with Crippen molar-refractivity contribution in [2.24, 2.45) is 0 Å². The van der Waals surface area contributed by atoms with E-state index in [0.29, 0.717) is 31.6 Å². The summed E-state index contributed by atoms with van der Waals surface area (Å²) in [6.07, 6.45) is -2.30. The van der Waals surface area contributed by atoms with Crippen LogP contribution in [0.15, 0.2) is 18.2 Å². The molecule has 1 aromatic rings. The zero-order valence-corrected chi connectivity index (χ0v) is 13.2. The third-order valence-corrected chi connectivity index (χ3v) is 5.05. The molecule has 0 spiro atoms. The van der Waals surface area contributed by atoms with Crippen LogP contribution >= 0.6 is 0 Å². The molecule has 1 saturated heterocycles. The second-order valence-electron chi connectivity index (χ2n) is 5.45. The van der Waals surface area contributed by atoms with E-state index in [1.165, 1.54) is 10.4 Å². The number of halogens is 3. The Kier molecular flexibility index (Phi) is 4.87. The van der Waals surface area contributed by atoms with E-state index in [0.717, 1.165) is 18.4 Å². The van der Waals surface area contributed by atoms with Gasteiger partial charge in [0.15, 0.2) is 0 Å². The van der Waals surface area contributed by atoms with Gasteiger partial charge in [-0.3, -0.25) is 0 Å². The van der Waals surface area contributed by atoms with Gasteiger partial charge in [0.05, 0.1) is 23.1 Å². The highest BCUT2D eigenvalue weighted by Crippen LogP contribution is 2.32. The predicted octanol–water partition coefficient (Wildman–Crippen LogP) is 2.41. The monoisotopic (exact) mass is 347 g/mol. The van der Waals surface area contributed by atoms with Gasteiger partial charge >= 0.3 is 6.18 Å². The van der Waals surface area contributed by atoms with Crippen molar-refractivity contribution < 1.29 is 21.6 Å². The Morgan fingerprint density at radius 1 is 1.30 bits per heavy atom. The molecule has 1 aliphatic heterocycles. The lowest BCUT2D eigenvalue weighted by atomic mass is 10.0. The highest BCUT2D eigenvalue weighted by Gasteiger charge is 2.31. The summed E-state index contributed by atoms with van der Waals surface area (Å²) in [6, 6.07) is 4.65. The fourth-order valence-electron chi connectivity index (χ4n) is 2.49. The maximum atomic E-state index is 12.7. The van der Waals surface area contributed by atoms with Gasteiger partial charge in [-0.2, -0.15) is 18.4 Å². The molecule has 1 aliphatic rings. The number of benzene rings is 1. The molecular weight excluding hydrogens is 331 g/mol. The summed E-state index contributed by atoms with van der Waals surface area (Å²) < 4.78 is 62.2. The summed E-state index contributed by atoms with van der Waals surface area (Å²) in [7, 11) is -3.23. The van der Waals surface area contributed by atoms with Crippen LogP contribution in [0.25, 0.3) is 0 Å². The SMILES string of the molecule is CS(=O)(=O)N1CCC(Nc2ccc(C(F)(F)F)cc2C#N)CC1. The summed E-state index contributed by atoms with van der Waals surface area (Å²) in [4.78, 5) is 0. The molecule has 0 aromatic heterocycles. The van der Waals surface area contributed by atoms with Crippen molar-refractivity contribution in [3.05, 3.63) is 29.3 Å². The second kappa shape index (κ2) is 6.37. The molecule has 23 heavy (non-hydrogen) atoms. The molecule has 1 aromatic carbocycles. The third-order valence-electron chi connectivity index (χ3n) is 3.75. The number of sulfonamides is 1. The van der Waals surface area contributed by atoms with Crippen molar-refractivity contribution in [1.29, 1.82) is 5.26 Å². The summed E-state index contributed by atoms with van der Waals surface area (Å²) in [5.74, 6) is 0. The van der Waals surface area contributed by atoms with Gasteiger partial charge in [-0.15, -0.1) is 0 Å². The second-order valence-corrected chi connectivity index (χ2v) is 7.43. The normalized spacial score (nSPS) is 17.7. The average Bonchev–Trinajstić information content (AvgIpc) is 2.46. The van der Waals surface area contributed by atoms with Crippen molar-refractivity contribution in [1.82, 2.24) is 4.31 Å². The van der Waals surface area contributed by atoms with E-state index in [1.807, 2.05) is 0 Å². The Hall–Kier alpha value is -1.79. The van der Waals surface area contributed by atoms with E-state index < -0.39 is 21.8 Å². The van der Waals surface area contributed by atoms with Crippen LogP contribution in [0, 0.1) is 11.3 Å². The largest absolute Gasteiger partial charge is 0.416 e. The topological polar surface area (TPSA) is 73.2 Å². The smallest absolute Gasteiger partial charge is 0.381 e. The molecule has 0 saturated carbocycles. The van der Waals surface area contributed by atoms with E-state index in [4.69, 9.17) is 5.26 Å². The van der Waals surface area contributed by atoms with E-state index in [2.05, 4.69) is 5.32 Å². The number of nitriles is 1. The van der Waals surface area contributed by atoms with Gasteiger partial charge in [0, 0.05) is 19.1 Å². The number of rotatable bonds is 3. The number of anilines is 1. The Labute approximate surface area is 132 Å². The minimum absolute atomic E-state index is 0.0784. The minimum atomic E-state index is -4.50. The standard InChI is InChI=1S/C14H16F3N3O2S/c1-23(21,22)20-6-4-12(5-7-20)19-13-3-2-11(14(15,16)17)8-10(13)9-18/h2-3,8,12,19H,4-7H2,1H3. The predicted molar refractivity (Wildman–Crippen MR) is 79.2 cm³/mol. The van der Waals surface area contributed by atoms with Crippen molar-refractivity contribution >= 4 is 15.7 Å². The van der Waals surface area contributed by atoms with Gasteiger partial charge in [-0.05, 0) is 31.0 Å². The molecule has 0 unspecified atom stereocenters. The lowest BCUT2D eigenvalue weighted by molar-refractivity contribution is -0.137. The summed E-state index contributed by atoms with van der Waals surface area (Å²) >= 11 is 0. The molecule has 0 bridgehead atoms. The third kappa shape index (κ3) is 4.36. The van der Waals surface area contributed by atoms with Crippen LogP contribution < -0.4 is 5.32 Å². The number of alkyl halides is 3. The lowest BCUT2D eigenvalue weighted by Crippen LogP contribution is -2.41. The molecule has 1 fully saturated rings. The molecule has 0 radical (unpaired) electrons. The van der Waals surface area contributed by atoms with Crippen LogP contribution in [-0.2, 0) is 16.2 Å². The Balaban J connectivity index is 2.09. The van der Waals surface area contributed by atoms with E-state index in [-0.39, 0.29) is 11.6 Å². The summed E-state index contributed by atoms with van der Waals surface area (Å²) in [6.45, 7) is 0.693.